The van der Waals surface area contributed by atoms with E-state index in [2.05, 4.69) is 5.10 Å². The van der Waals surface area contributed by atoms with Gasteiger partial charge in [0.2, 0.25) is 0 Å². The Labute approximate surface area is 179 Å². The highest BCUT2D eigenvalue weighted by Gasteiger charge is 2.56. The lowest BCUT2D eigenvalue weighted by Crippen LogP contribution is -2.59. The molecule has 0 saturated carbocycles. The van der Waals surface area contributed by atoms with Crippen LogP contribution in [0.25, 0.3) is 0 Å². The zero-order valence-electron chi connectivity index (χ0n) is 18.0. The van der Waals surface area contributed by atoms with E-state index in [0.717, 1.165) is 4.90 Å². The molecule has 9 nitrogen and oxygen atoms in total. The van der Waals surface area contributed by atoms with Crippen LogP contribution in [0.3, 0.4) is 0 Å². The minimum atomic E-state index is -1.96. The fraction of sp³-hybridized carbons (Fsp3) is 0.500. The Kier molecular flexibility index (Phi) is 7.14. The van der Waals surface area contributed by atoms with Gasteiger partial charge in [0.1, 0.15) is 11.3 Å². The second-order valence-corrected chi connectivity index (χ2v) is 8.71. The molecule has 0 saturated heterocycles. The van der Waals surface area contributed by atoms with Gasteiger partial charge in [-0.25, -0.2) is 9.59 Å². The lowest BCUT2D eigenvalue weighted by atomic mass is 9.90. The molecule has 2 amide bonds. The molecule has 1 unspecified atom stereocenters. The van der Waals surface area contributed by atoms with E-state index >= 15 is 0 Å². The number of hydrogen-bond acceptors (Lipinski definition) is 8. The van der Waals surface area contributed by atoms with Gasteiger partial charge in [-0.05, 0) is 57.7 Å². The zero-order chi connectivity index (χ0) is 22.7. The second-order valence-electron chi connectivity index (χ2n) is 7.83. The number of carbonyl (C=O) groups is 3. The fourth-order valence-corrected chi connectivity index (χ4v) is 3.10. The average molecular weight is 438 g/mol. The van der Waals surface area contributed by atoms with Crippen molar-refractivity contribution in [1.29, 1.82) is 0 Å². The first-order chi connectivity index (χ1) is 13.9. The van der Waals surface area contributed by atoms with Crippen molar-refractivity contribution in [3.05, 3.63) is 29.8 Å². The summed E-state index contributed by atoms with van der Waals surface area (Å²) in [5.41, 5.74) is -2.35. The molecule has 2 rings (SSSR count). The van der Waals surface area contributed by atoms with Crippen molar-refractivity contribution in [3.63, 3.8) is 0 Å². The van der Waals surface area contributed by atoms with Crippen LogP contribution in [0.1, 0.15) is 53.0 Å². The molecule has 1 heterocycles. The number of rotatable bonds is 6. The van der Waals surface area contributed by atoms with E-state index in [1.165, 1.54) is 18.7 Å². The lowest BCUT2D eigenvalue weighted by molar-refractivity contribution is -0.206. The van der Waals surface area contributed by atoms with E-state index in [9.17, 15) is 19.6 Å². The average Bonchev–Trinajstić information content (AvgIpc) is 2.92. The molecule has 0 fully saturated rings. The molecule has 1 aliphatic heterocycles. The summed E-state index contributed by atoms with van der Waals surface area (Å²) in [6.45, 7) is 8.00. The Balaban J connectivity index is 2.47. The van der Waals surface area contributed by atoms with Crippen molar-refractivity contribution in [2.75, 3.05) is 6.26 Å². The largest absolute Gasteiger partial charge is 0.442 e. The highest BCUT2D eigenvalue weighted by Crippen LogP contribution is 2.32. The molecule has 0 spiro atoms. The Hall–Kier alpha value is -2.59. The van der Waals surface area contributed by atoms with Gasteiger partial charge in [0.05, 0.1) is 0 Å². The van der Waals surface area contributed by atoms with E-state index in [0.29, 0.717) is 17.2 Å². The molecular weight excluding hydrogens is 410 g/mol. The highest BCUT2D eigenvalue weighted by molar-refractivity contribution is 7.98. The van der Waals surface area contributed by atoms with Gasteiger partial charge in [-0.3, -0.25) is 10.0 Å². The molecule has 1 aromatic carbocycles. The third-order valence-electron chi connectivity index (χ3n) is 4.24. The van der Waals surface area contributed by atoms with Crippen molar-refractivity contribution in [2.24, 2.45) is 5.10 Å². The fourth-order valence-electron chi connectivity index (χ4n) is 2.70. The lowest BCUT2D eigenvalue weighted by Gasteiger charge is -2.33. The van der Waals surface area contributed by atoms with Crippen LogP contribution in [0.15, 0.2) is 34.3 Å². The monoisotopic (exact) mass is 437 g/mol. The van der Waals surface area contributed by atoms with Crippen molar-refractivity contribution in [1.82, 2.24) is 10.2 Å². The van der Waals surface area contributed by atoms with Crippen LogP contribution in [0, 0.1) is 0 Å². The number of nitrogens with zero attached hydrogens (tertiary/aromatic N) is 3. The molecule has 164 valence electrons. The first-order valence-electron chi connectivity index (χ1n) is 9.45. The van der Waals surface area contributed by atoms with E-state index in [-0.39, 0.29) is 17.2 Å². The zero-order valence-corrected chi connectivity index (χ0v) is 18.8. The number of benzene rings is 1. The van der Waals surface area contributed by atoms with E-state index in [4.69, 9.17) is 9.57 Å². The van der Waals surface area contributed by atoms with Crippen LogP contribution in [0.4, 0.5) is 4.79 Å². The van der Waals surface area contributed by atoms with Crippen LogP contribution in [-0.2, 0) is 19.2 Å². The van der Waals surface area contributed by atoms with Gasteiger partial charge in [-0.2, -0.15) is 5.06 Å². The molecule has 0 radical (unpaired) electrons. The summed E-state index contributed by atoms with van der Waals surface area (Å²) in [6, 6.07) is 7.04. The predicted molar refractivity (Wildman–Crippen MR) is 111 cm³/mol. The molecule has 0 aromatic heterocycles. The van der Waals surface area contributed by atoms with E-state index in [1.807, 2.05) is 18.4 Å². The van der Waals surface area contributed by atoms with Crippen LogP contribution in [0.2, 0.25) is 0 Å². The normalized spacial score (nSPS) is 18.8. The third kappa shape index (κ3) is 4.93. The molecule has 1 aliphatic rings. The number of hydrazone groups is 1. The van der Waals surface area contributed by atoms with Gasteiger partial charge in [0.15, 0.2) is 5.54 Å². The minimum Gasteiger partial charge on any atom is -0.442 e. The van der Waals surface area contributed by atoms with Crippen LogP contribution >= 0.6 is 11.8 Å². The van der Waals surface area contributed by atoms with Crippen molar-refractivity contribution < 1.29 is 29.2 Å². The van der Waals surface area contributed by atoms with Crippen LogP contribution in [-0.4, -0.2) is 56.5 Å². The molecule has 0 bridgehead atoms. The number of hydrogen-bond donors (Lipinski definition) is 1. The summed E-state index contributed by atoms with van der Waals surface area (Å²) in [7, 11) is 0. The molecule has 1 aromatic rings. The molecule has 30 heavy (non-hydrogen) atoms. The topological polar surface area (TPSA) is 109 Å². The summed E-state index contributed by atoms with van der Waals surface area (Å²) in [4.78, 5) is 43.6. The van der Waals surface area contributed by atoms with Gasteiger partial charge >= 0.3 is 18.0 Å². The standard InChI is InChI=1S/C20H27N3O6S/c1-7-8-15(24)29-23-17(25)20(5,22(27)18(26)28-19(2,3)4)16(21-23)13-9-11-14(30-6)12-10-13/h9-12,27H,7-8H2,1-6H3. The third-order valence-corrected chi connectivity index (χ3v) is 4.98. The minimum absolute atomic E-state index is 0.0396. The smallest absolute Gasteiger partial charge is 0.435 e. The summed E-state index contributed by atoms with van der Waals surface area (Å²) in [6.07, 6.45) is 1.40. The van der Waals surface area contributed by atoms with Gasteiger partial charge in [-0.1, -0.05) is 19.1 Å². The first-order valence-corrected chi connectivity index (χ1v) is 10.7. The Morgan fingerprint density at radius 3 is 2.37 bits per heavy atom. The molecule has 1 N–H and O–H groups in total. The Bertz CT molecular complexity index is 849. The van der Waals surface area contributed by atoms with Gasteiger partial charge in [-0.15, -0.1) is 16.9 Å². The number of ether oxygens (including phenoxy) is 1. The maximum atomic E-state index is 13.1. The van der Waals surface area contributed by atoms with Gasteiger partial charge in [0, 0.05) is 16.9 Å². The molecule has 1 atom stereocenters. The number of thioether (sulfide) groups is 1. The SMILES string of the molecule is CCCC(=O)ON1N=C(c2ccc(SC)cc2)C(C)(N(O)C(=O)OC(C)(C)C)C1=O. The van der Waals surface area contributed by atoms with E-state index < -0.39 is 29.1 Å². The van der Waals surface area contributed by atoms with Crippen molar-refractivity contribution in [2.45, 2.75) is 63.5 Å². The molecule has 0 aliphatic carbocycles. The second kappa shape index (κ2) is 9.05. The summed E-state index contributed by atoms with van der Waals surface area (Å²) in [5.74, 6) is -1.55. The number of carbonyl (C=O) groups excluding carboxylic acids is 3. The van der Waals surface area contributed by atoms with Crippen molar-refractivity contribution >= 4 is 35.4 Å². The highest BCUT2D eigenvalue weighted by atomic mass is 32.2. The summed E-state index contributed by atoms with van der Waals surface area (Å²) < 4.78 is 5.20. The Morgan fingerprint density at radius 1 is 1.27 bits per heavy atom. The van der Waals surface area contributed by atoms with Crippen LogP contribution in [0.5, 0.6) is 0 Å². The summed E-state index contributed by atoms with van der Waals surface area (Å²) >= 11 is 1.53. The predicted octanol–water partition coefficient (Wildman–Crippen LogP) is 3.60. The Morgan fingerprint density at radius 2 is 1.87 bits per heavy atom. The van der Waals surface area contributed by atoms with E-state index in [1.54, 1.807) is 39.8 Å². The molecular formula is C20H27N3O6S. The van der Waals surface area contributed by atoms with Crippen LogP contribution < -0.4 is 0 Å². The van der Waals surface area contributed by atoms with Gasteiger partial charge < -0.3 is 9.57 Å². The maximum Gasteiger partial charge on any atom is 0.435 e. The quantitative estimate of drug-likeness (QED) is 0.411. The number of hydroxylamine groups is 3. The molecule has 10 heteroatoms. The van der Waals surface area contributed by atoms with Crippen molar-refractivity contribution in [3.8, 4) is 0 Å². The summed E-state index contributed by atoms with van der Waals surface area (Å²) in [5, 5.41) is 15.5. The first kappa shape index (κ1) is 23.7. The maximum absolute atomic E-state index is 13.1. The number of amides is 2. The van der Waals surface area contributed by atoms with Gasteiger partial charge in [0.25, 0.3) is 0 Å².